The number of fused-ring (bicyclic) bond motifs is 1. The first-order valence-electron chi connectivity index (χ1n) is 10.9. The molecule has 0 radical (unpaired) electrons. The Balaban J connectivity index is 1.63. The fraction of sp³-hybridized carbons (Fsp3) is 0.773. The molecular formula is C22H27F3O6. The lowest BCUT2D eigenvalue weighted by molar-refractivity contribution is -0.195. The van der Waals surface area contributed by atoms with Crippen LogP contribution in [0.1, 0.15) is 58.8 Å². The molecule has 0 spiro atoms. The van der Waals surface area contributed by atoms with Crippen molar-refractivity contribution in [1.82, 2.24) is 0 Å². The maximum Gasteiger partial charge on any atom is 0.422 e. The van der Waals surface area contributed by atoms with E-state index in [4.69, 9.17) is 14.2 Å². The van der Waals surface area contributed by atoms with Gasteiger partial charge in [0.05, 0.1) is 11.8 Å². The summed E-state index contributed by atoms with van der Waals surface area (Å²) < 4.78 is 55.8. The predicted molar refractivity (Wildman–Crippen MR) is 100 cm³/mol. The maximum absolute atomic E-state index is 13.3. The number of esters is 3. The molecule has 31 heavy (non-hydrogen) atoms. The first-order valence-corrected chi connectivity index (χ1v) is 10.9. The molecule has 0 aromatic heterocycles. The molecular weight excluding hydrogens is 417 g/mol. The van der Waals surface area contributed by atoms with Gasteiger partial charge in [-0.3, -0.25) is 9.59 Å². The third-order valence-corrected chi connectivity index (χ3v) is 7.99. The number of rotatable bonds is 6. The van der Waals surface area contributed by atoms with E-state index in [1.54, 1.807) is 6.92 Å². The third-order valence-electron chi connectivity index (χ3n) is 7.99. The van der Waals surface area contributed by atoms with Crippen molar-refractivity contribution >= 4 is 17.9 Å². The summed E-state index contributed by atoms with van der Waals surface area (Å²) in [5, 5.41) is 0. The molecule has 3 saturated carbocycles. The highest BCUT2D eigenvalue weighted by Gasteiger charge is 2.76. The average molecular weight is 444 g/mol. The van der Waals surface area contributed by atoms with Gasteiger partial charge in [-0.25, -0.2) is 4.79 Å². The molecule has 9 heteroatoms. The van der Waals surface area contributed by atoms with E-state index in [1.807, 2.05) is 6.92 Å². The van der Waals surface area contributed by atoms with Gasteiger partial charge in [0, 0.05) is 11.8 Å². The van der Waals surface area contributed by atoms with Gasteiger partial charge in [0.25, 0.3) is 0 Å². The lowest BCUT2D eigenvalue weighted by Gasteiger charge is -2.42. The first kappa shape index (κ1) is 22.1. The molecule has 6 nitrogen and oxygen atoms in total. The molecule has 0 aromatic carbocycles. The summed E-state index contributed by atoms with van der Waals surface area (Å²) in [6.45, 7) is 6.41. The zero-order valence-corrected chi connectivity index (χ0v) is 17.6. The Kier molecular flexibility index (Phi) is 5.17. The highest BCUT2D eigenvalue weighted by atomic mass is 19.4. The van der Waals surface area contributed by atoms with E-state index >= 15 is 0 Å². The van der Waals surface area contributed by atoms with Crippen molar-refractivity contribution in [1.29, 1.82) is 0 Å². The largest absolute Gasteiger partial charge is 0.459 e. The minimum Gasteiger partial charge on any atom is -0.459 e. The fourth-order valence-electron chi connectivity index (χ4n) is 6.36. The lowest BCUT2D eigenvalue weighted by Crippen LogP contribution is -2.55. The van der Waals surface area contributed by atoms with Crippen molar-refractivity contribution in [3.05, 3.63) is 12.2 Å². The van der Waals surface area contributed by atoms with Crippen LogP contribution in [0.3, 0.4) is 0 Å². The molecule has 4 fully saturated rings. The first-order chi connectivity index (χ1) is 14.5. The highest BCUT2D eigenvalue weighted by Crippen LogP contribution is 2.65. The van der Waals surface area contributed by atoms with E-state index < -0.39 is 64.7 Å². The SMILES string of the molecule is C=C(C(=O)OC1(CC)C2CC3C(C(=O)OC31)C2C(=O)OC1(CC)CCCC1)C(F)(F)F. The van der Waals surface area contributed by atoms with Crippen LogP contribution in [-0.2, 0) is 28.6 Å². The number of alkyl halides is 3. The Morgan fingerprint density at radius 2 is 1.81 bits per heavy atom. The zero-order valence-electron chi connectivity index (χ0n) is 17.6. The molecule has 1 saturated heterocycles. The third kappa shape index (κ3) is 3.18. The summed E-state index contributed by atoms with van der Waals surface area (Å²) in [6.07, 6.45) is -1.30. The van der Waals surface area contributed by atoms with Crippen LogP contribution in [0.5, 0.6) is 0 Å². The van der Waals surface area contributed by atoms with Crippen LogP contribution < -0.4 is 0 Å². The van der Waals surface area contributed by atoms with Gasteiger partial charge in [0.1, 0.15) is 17.3 Å². The van der Waals surface area contributed by atoms with Crippen molar-refractivity contribution in [2.75, 3.05) is 0 Å². The van der Waals surface area contributed by atoms with E-state index in [9.17, 15) is 27.6 Å². The molecule has 0 N–H and O–H groups in total. The summed E-state index contributed by atoms with van der Waals surface area (Å²) in [6, 6.07) is 0. The molecule has 172 valence electrons. The minimum atomic E-state index is -4.94. The molecule has 0 aromatic rings. The van der Waals surface area contributed by atoms with Crippen LogP contribution >= 0.6 is 0 Å². The Morgan fingerprint density at radius 1 is 1.16 bits per heavy atom. The second-order valence-corrected chi connectivity index (χ2v) is 9.25. The Morgan fingerprint density at radius 3 is 2.35 bits per heavy atom. The summed E-state index contributed by atoms with van der Waals surface area (Å²) in [4.78, 5) is 38.2. The summed E-state index contributed by atoms with van der Waals surface area (Å²) in [5.41, 5.74) is -3.70. The van der Waals surface area contributed by atoms with E-state index in [-0.39, 0.29) is 12.3 Å². The molecule has 4 rings (SSSR count). The minimum absolute atomic E-state index is 0.110. The van der Waals surface area contributed by atoms with Crippen LogP contribution in [-0.4, -0.2) is 41.4 Å². The van der Waals surface area contributed by atoms with Crippen molar-refractivity contribution in [3.8, 4) is 0 Å². The zero-order chi connectivity index (χ0) is 22.8. The molecule has 1 heterocycles. The average Bonchev–Trinajstić information content (AvgIpc) is 3.44. The van der Waals surface area contributed by atoms with Crippen molar-refractivity contribution in [3.63, 3.8) is 0 Å². The molecule has 1 aliphatic heterocycles. The van der Waals surface area contributed by atoms with Crippen LogP contribution in [0.25, 0.3) is 0 Å². The number of carbonyl (C=O) groups excluding carboxylic acids is 3. The van der Waals surface area contributed by atoms with Crippen molar-refractivity contribution in [2.24, 2.45) is 23.7 Å². The summed E-state index contributed by atoms with van der Waals surface area (Å²) in [7, 11) is 0. The highest BCUT2D eigenvalue weighted by molar-refractivity contribution is 5.90. The predicted octanol–water partition coefficient (Wildman–Crippen LogP) is 3.87. The number of halogens is 3. The van der Waals surface area contributed by atoms with E-state index in [2.05, 4.69) is 6.58 Å². The van der Waals surface area contributed by atoms with Gasteiger partial charge in [-0.05, 0) is 44.9 Å². The molecule has 2 bridgehead atoms. The van der Waals surface area contributed by atoms with E-state index in [0.29, 0.717) is 12.8 Å². The van der Waals surface area contributed by atoms with Gasteiger partial charge in [-0.2, -0.15) is 13.2 Å². The molecule has 3 aliphatic carbocycles. The molecule has 6 atom stereocenters. The van der Waals surface area contributed by atoms with Crippen molar-refractivity contribution in [2.45, 2.75) is 82.3 Å². The molecule has 4 aliphatic rings. The Bertz CT molecular complexity index is 815. The Hall–Kier alpha value is -2.06. The molecule has 6 unspecified atom stereocenters. The monoisotopic (exact) mass is 444 g/mol. The number of hydrogen-bond donors (Lipinski definition) is 0. The van der Waals surface area contributed by atoms with Gasteiger partial charge < -0.3 is 14.2 Å². The summed E-state index contributed by atoms with van der Waals surface area (Å²) >= 11 is 0. The number of hydrogen-bond acceptors (Lipinski definition) is 6. The quantitative estimate of drug-likeness (QED) is 0.352. The number of ether oxygens (including phenoxy) is 3. The maximum atomic E-state index is 13.3. The Labute approximate surface area is 178 Å². The normalized spacial score (nSPS) is 37.6. The van der Waals surface area contributed by atoms with E-state index in [1.165, 1.54) is 0 Å². The van der Waals surface area contributed by atoms with Crippen LogP contribution in [0.4, 0.5) is 13.2 Å². The van der Waals surface area contributed by atoms with Gasteiger partial charge in [0.15, 0.2) is 5.60 Å². The van der Waals surface area contributed by atoms with E-state index in [0.717, 1.165) is 25.7 Å². The second kappa shape index (κ2) is 7.24. The topological polar surface area (TPSA) is 78.9 Å². The second-order valence-electron chi connectivity index (χ2n) is 9.25. The van der Waals surface area contributed by atoms with Crippen LogP contribution in [0.2, 0.25) is 0 Å². The van der Waals surface area contributed by atoms with Crippen LogP contribution in [0, 0.1) is 23.7 Å². The standard InChI is InChI=1S/C22H27F3O6/c1-4-20(8-6-7-9-20)30-19(28)15-13-10-12-14(15)18(27)29-16(12)21(13,5-2)31-17(26)11(3)22(23,24)25/h12-16H,3-10H2,1-2H3. The van der Waals surface area contributed by atoms with Gasteiger partial charge in [-0.1, -0.05) is 20.4 Å². The van der Waals surface area contributed by atoms with Gasteiger partial charge in [-0.15, -0.1) is 0 Å². The number of carbonyl (C=O) groups is 3. The lowest BCUT2D eigenvalue weighted by atomic mass is 9.70. The fourth-order valence-corrected chi connectivity index (χ4v) is 6.36. The van der Waals surface area contributed by atoms with Crippen LogP contribution in [0.15, 0.2) is 12.2 Å². The van der Waals surface area contributed by atoms with Gasteiger partial charge >= 0.3 is 24.1 Å². The summed E-state index contributed by atoms with van der Waals surface area (Å²) in [5.74, 6) is -5.34. The van der Waals surface area contributed by atoms with Crippen molar-refractivity contribution < 1.29 is 41.8 Å². The van der Waals surface area contributed by atoms with Gasteiger partial charge in [0.2, 0.25) is 0 Å². The smallest absolute Gasteiger partial charge is 0.422 e. The molecule has 0 amide bonds.